The van der Waals surface area contributed by atoms with Crippen LogP contribution in [0.4, 0.5) is 5.82 Å². The number of rotatable bonds is 6. The Bertz CT molecular complexity index is 1050. The minimum Gasteiger partial charge on any atom is -0.375 e. The molecule has 0 spiro atoms. The molecule has 2 saturated heterocycles. The molecular weight excluding hydrogens is 462 g/mol. The van der Waals surface area contributed by atoms with Gasteiger partial charge >= 0.3 is 0 Å². The van der Waals surface area contributed by atoms with Crippen molar-refractivity contribution in [3.63, 3.8) is 0 Å². The number of nitrogens with one attached hydrogen (secondary N) is 1. The fourth-order valence-electron chi connectivity index (χ4n) is 5.78. The van der Waals surface area contributed by atoms with Crippen LogP contribution in [0.1, 0.15) is 87.5 Å². The molecule has 37 heavy (non-hydrogen) atoms. The number of aromatic nitrogens is 2. The molecule has 2 atom stereocenters. The van der Waals surface area contributed by atoms with E-state index in [1.807, 2.05) is 11.8 Å². The molecule has 2 unspecified atom stereocenters. The van der Waals surface area contributed by atoms with Crippen molar-refractivity contribution < 1.29 is 9.53 Å². The highest BCUT2D eigenvalue weighted by Crippen LogP contribution is 2.28. The van der Waals surface area contributed by atoms with Crippen molar-refractivity contribution in [2.24, 2.45) is 0 Å². The maximum atomic E-state index is 13.4. The van der Waals surface area contributed by atoms with E-state index in [9.17, 15) is 4.79 Å². The fourth-order valence-corrected chi connectivity index (χ4v) is 5.78. The van der Waals surface area contributed by atoms with E-state index in [0.717, 1.165) is 50.2 Å². The highest BCUT2D eigenvalue weighted by Gasteiger charge is 2.33. The zero-order valence-corrected chi connectivity index (χ0v) is 23.8. The molecule has 0 saturated carbocycles. The highest BCUT2D eigenvalue weighted by molar-refractivity contribution is 5.94. The van der Waals surface area contributed by atoms with E-state index >= 15 is 0 Å². The van der Waals surface area contributed by atoms with Crippen LogP contribution in [0.25, 0.3) is 0 Å². The predicted octanol–water partition coefficient (Wildman–Crippen LogP) is 5.19. The molecule has 4 rings (SSSR count). The van der Waals surface area contributed by atoms with Gasteiger partial charge in [-0.3, -0.25) is 4.79 Å². The summed E-state index contributed by atoms with van der Waals surface area (Å²) in [7, 11) is 2.25. The molecule has 2 aliphatic rings. The summed E-state index contributed by atoms with van der Waals surface area (Å²) in [6.07, 6.45) is 6.25. The van der Waals surface area contributed by atoms with Gasteiger partial charge in [-0.05, 0) is 70.0 Å². The van der Waals surface area contributed by atoms with Gasteiger partial charge in [-0.15, -0.1) is 0 Å². The van der Waals surface area contributed by atoms with Gasteiger partial charge in [0.25, 0.3) is 5.91 Å². The summed E-state index contributed by atoms with van der Waals surface area (Å²) >= 11 is 0. The number of hydrogen-bond acceptors (Lipinski definition) is 6. The summed E-state index contributed by atoms with van der Waals surface area (Å²) in [4.78, 5) is 26.7. The molecule has 3 heterocycles. The zero-order valence-electron chi connectivity index (χ0n) is 23.8. The first-order valence-corrected chi connectivity index (χ1v) is 13.8. The van der Waals surface area contributed by atoms with Crippen LogP contribution >= 0.6 is 0 Å². The third-order valence-corrected chi connectivity index (χ3v) is 8.14. The second-order valence-corrected chi connectivity index (χ2v) is 12.1. The predicted molar refractivity (Wildman–Crippen MR) is 149 cm³/mol. The standard InChI is InChI=1S/C30H45N5O2/c1-20-16-26(17-21(2)37-20)34(7)25-12-14-35(15-13-25)29(36)27-22(3)28(33-19-32-27)31-18-23-8-10-24(11-9-23)30(4,5)6/h8-11,19-21,25-26H,12-18H2,1-7H3,(H,31,32,33). The number of amides is 1. The second-order valence-electron chi connectivity index (χ2n) is 12.1. The molecule has 0 bridgehead atoms. The summed E-state index contributed by atoms with van der Waals surface area (Å²) in [6, 6.07) is 9.72. The van der Waals surface area contributed by atoms with Crippen molar-refractivity contribution in [3.8, 4) is 0 Å². The molecule has 1 aromatic heterocycles. The lowest BCUT2D eigenvalue weighted by Crippen LogP contribution is -2.51. The summed E-state index contributed by atoms with van der Waals surface area (Å²) in [5.41, 5.74) is 3.94. The molecule has 1 aromatic carbocycles. The Labute approximate surface area is 223 Å². The third-order valence-electron chi connectivity index (χ3n) is 8.14. The quantitative estimate of drug-likeness (QED) is 0.580. The molecule has 202 valence electrons. The van der Waals surface area contributed by atoms with Gasteiger partial charge in [0.2, 0.25) is 0 Å². The van der Waals surface area contributed by atoms with E-state index in [0.29, 0.717) is 36.5 Å². The average Bonchev–Trinajstić information content (AvgIpc) is 2.86. The van der Waals surface area contributed by atoms with Crippen LogP contribution in [-0.4, -0.2) is 70.1 Å². The van der Waals surface area contributed by atoms with E-state index in [1.54, 1.807) is 0 Å². The molecule has 0 radical (unpaired) electrons. The number of carbonyl (C=O) groups is 1. The van der Waals surface area contributed by atoms with Crippen molar-refractivity contribution in [2.75, 3.05) is 25.5 Å². The normalized spacial score (nSPS) is 23.4. The Morgan fingerprint density at radius 3 is 2.27 bits per heavy atom. The smallest absolute Gasteiger partial charge is 0.272 e. The van der Waals surface area contributed by atoms with E-state index in [1.165, 1.54) is 17.5 Å². The van der Waals surface area contributed by atoms with Gasteiger partial charge in [0.05, 0.1) is 12.2 Å². The minimum atomic E-state index is 0.00638. The van der Waals surface area contributed by atoms with Crippen LogP contribution in [-0.2, 0) is 16.7 Å². The topological polar surface area (TPSA) is 70.6 Å². The van der Waals surface area contributed by atoms with Crippen LogP contribution in [0.15, 0.2) is 30.6 Å². The monoisotopic (exact) mass is 507 g/mol. The molecule has 2 aliphatic heterocycles. The Morgan fingerprint density at radius 2 is 1.68 bits per heavy atom. The first kappa shape index (κ1) is 27.5. The van der Waals surface area contributed by atoms with E-state index in [4.69, 9.17) is 4.74 Å². The molecule has 1 amide bonds. The molecule has 7 nitrogen and oxygen atoms in total. The maximum Gasteiger partial charge on any atom is 0.272 e. The average molecular weight is 508 g/mol. The van der Waals surface area contributed by atoms with Gasteiger partial charge in [-0.25, -0.2) is 9.97 Å². The number of piperidine rings is 1. The van der Waals surface area contributed by atoms with Gasteiger partial charge in [-0.2, -0.15) is 0 Å². The van der Waals surface area contributed by atoms with Crippen LogP contribution in [0, 0.1) is 6.92 Å². The summed E-state index contributed by atoms with van der Waals surface area (Å²) in [5.74, 6) is 0.725. The van der Waals surface area contributed by atoms with E-state index in [-0.39, 0.29) is 11.3 Å². The highest BCUT2D eigenvalue weighted by atomic mass is 16.5. The molecule has 2 aromatic rings. The SMILES string of the molecule is Cc1c(NCc2ccc(C(C)(C)C)cc2)ncnc1C(=O)N1CCC(N(C)C2CC(C)OC(C)C2)CC1. The first-order valence-electron chi connectivity index (χ1n) is 13.8. The minimum absolute atomic E-state index is 0.00638. The summed E-state index contributed by atoms with van der Waals surface area (Å²) in [6.45, 7) is 15.1. The maximum absolute atomic E-state index is 13.4. The van der Waals surface area contributed by atoms with Gasteiger partial charge in [0.1, 0.15) is 17.8 Å². The largest absolute Gasteiger partial charge is 0.375 e. The Morgan fingerprint density at radius 1 is 1.05 bits per heavy atom. The lowest BCUT2D eigenvalue weighted by molar-refractivity contribution is -0.0703. The molecular formula is C30H45N5O2. The number of anilines is 1. The van der Waals surface area contributed by atoms with Crippen LogP contribution in [0.2, 0.25) is 0 Å². The summed E-state index contributed by atoms with van der Waals surface area (Å²) in [5, 5.41) is 3.41. The molecule has 7 heteroatoms. The molecule has 0 aliphatic carbocycles. The van der Waals surface area contributed by atoms with Gasteiger partial charge in [0, 0.05) is 37.3 Å². The lowest BCUT2D eigenvalue weighted by atomic mass is 9.87. The zero-order chi connectivity index (χ0) is 26.7. The number of benzene rings is 1. The number of likely N-dealkylation sites (tertiary alicyclic amines) is 1. The van der Waals surface area contributed by atoms with Crippen molar-refractivity contribution in [3.05, 3.63) is 53.0 Å². The van der Waals surface area contributed by atoms with Crippen molar-refractivity contribution in [1.82, 2.24) is 19.8 Å². The second kappa shape index (κ2) is 11.5. The Hall–Kier alpha value is -2.51. The lowest BCUT2D eigenvalue weighted by Gasteiger charge is -2.44. The van der Waals surface area contributed by atoms with Gasteiger partial charge in [-0.1, -0.05) is 45.0 Å². The summed E-state index contributed by atoms with van der Waals surface area (Å²) < 4.78 is 5.93. The number of carbonyl (C=O) groups excluding carboxylic acids is 1. The number of ether oxygens (including phenoxy) is 1. The van der Waals surface area contributed by atoms with E-state index < -0.39 is 0 Å². The van der Waals surface area contributed by atoms with Gasteiger partial charge < -0.3 is 19.9 Å². The van der Waals surface area contributed by atoms with Crippen LogP contribution in [0.3, 0.4) is 0 Å². The van der Waals surface area contributed by atoms with Crippen molar-refractivity contribution >= 4 is 11.7 Å². The molecule has 2 fully saturated rings. The van der Waals surface area contributed by atoms with Crippen LogP contribution in [0.5, 0.6) is 0 Å². The molecule has 1 N–H and O–H groups in total. The van der Waals surface area contributed by atoms with E-state index in [2.05, 4.69) is 86.1 Å². The fraction of sp³-hybridized carbons (Fsp3) is 0.633. The number of nitrogens with zero attached hydrogens (tertiary/aromatic N) is 4. The van der Waals surface area contributed by atoms with Crippen molar-refractivity contribution in [1.29, 1.82) is 0 Å². The Kier molecular flexibility index (Phi) is 8.54. The van der Waals surface area contributed by atoms with Gasteiger partial charge in [0.15, 0.2) is 0 Å². The number of hydrogen-bond donors (Lipinski definition) is 1. The van der Waals surface area contributed by atoms with Crippen LogP contribution < -0.4 is 5.32 Å². The third kappa shape index (κ3) is 6.68. The first-order chi connectivity index (χ1) is 17.5. The Balaban J connectivity index is 1.34. The van der Waals surface area contributed by atoms with Crippen molar-refractivity contribution in [2.45, 2.75) is 103 Å².